The van der Waals surface area contributed by atoms with E-state index in [1.165, 1.54) is 20.5 Å². The van der Waals surface area contributed by atoms with E-state index in [4.69, 9.17) is 21.1 Å². The number of nitrogens with zero attached hydrogens (tertiary/aromatic N) is 3. The average Bonchev–Trinajstić information content (AvgIpc) is 3.21. The molecule has 0 spiro atoms. The molecule has 0 saturated heterocycles. The van der Waals surface area contributed by atoms with Crippen LogP contribution >= 0.6 is 11.6 Å². The second kappa shape index (κ2) is 8.19. The van der Waals surface area contributed by atoms with Crippen molar-refractivity contribution in [2.75, 3.05) is 24.9 Å². The lowest BCUT2D eigenvalue weighted by molar-refractivity contribution is -0.113. The maximum atomic E-state index is 13.5. The van der Waals surface area contributed by atoms with Crippen molar-refractivity contribution in [3.05, 3.63) is 64.6 Å². The summed E-state index contributed by atoms with van der Waals surface area (Å²) in [6, 6.07) is 9.23. The molecule has 1 amide bonds. The number of anilines is 2. The standard InChI is InChI=1S/C21H20ClN5O4/c1-11-18(20(29)26-15-9-16(30-2)14(22)8-17(15)31-3)19(12-5-4-6-13(28)7-12)27-21(25-11)23-10-24-27/h4-10,19,28H,1-3H3,(H,26,29)(H,23,24,25)/t19-/m0/s1. The first-order chi connectivity index (χ1) is 14.9. The Labute approximate surface area is 183 Å². The van der Waals surface area contributed by atoms with Crippen molar-refractivity contribution in [1.29, 1.82) is 0 Å². The Morgan fingerprint density at radius 1 is 1.23 bits per heavy atom. The van der Waals surface area contributed by atoms with E-state index in [9.17, 15) is 9.90 Å². The molecule has 1 aliphatic rings. The van der Waals surface area contributed by atoms with Crippen molar-refractivity contribution < 1.29 is 19.4 Å². The Morgan fingerprint density at radius 2 is 2.00 bits per heavy atom. The smallest absolute Gasteiger partial charge is 0.255 e. The second-order valence-corrected chi connectivity index (χ2v) is 7.24. The number of amides is 1. The third-order valence-electron chi connectivity index (χ3n) is 4.95. The van der Waals surface area contributed by atoms with Gasteiger partial charge in [-0.15, -0.1) is 0 Å². The van der Waals surface area contributed by atoms with Gasteiger partial charge in [0, 0.05) is 17.8 Å². The lowest BCUT2D eigenvalue weighted by atomic mass is 9.95. The van der Waals surface area contributed by atoms with E-state index in [2.05, 4.69) is 20.7 Å². The van der Waals surface area contributed by atoms with E-state index >= 15 is 0 Å². The normalized spacial score (nSPS) is 15.2. The Balaban J connectivity index is 1.77. The van der Waals surface area contributed by atoms with Crippen LogP contribution in [0.25, 0.3) is 0 Å². The van der Waals surface area contributed by atoms with E-state index in [1.807, 2.05) is 6.07 Å². The number of phenols is 1. The molecule has 31 heavy (non-hydrogen) atoms. The number of aromatic nitrogens is 3. The number of halogens is 1. The van der Waals surface area contributed by atoms with E-state index in [0.717, 1.165) is 0 Å². The molecule has 4 rings (SSSR count). The van der Waals surface area contributed by atoms with Gasteiger partial charge in [-0.05, 0) is 24.6 Å². The van der Waals surface area contributed by atoms with Crippen molar-refractivity contribution in [2.45, 2.75) is 13.0 Å². The SMILES string of the molecule is COc1cc(NC(=O)C2=C(C)Nc3ncnn3[C@H]2c2cccc(O)c2)c(OC)cc1Cl. The minimum Gasteiger partial charge on any atom is -0.508 e. The third kappa shape index (κ3) is 3.75. The van der Waals surface area contributed by atoms with Gasteiger partial charge in [-0.1, -0.05) is 23.7 Å². The van der Waals surface area contributed by atoms with Crippen molar-refractivity contribution in [3.63, 3.8) is 0 Å². The summed E-state index contributed by atoms with van der Waals surface area (Å²) in [7, 11) is 2.97. The number of allylic oxidation sites excluding steroid dienone is 1. The van der Waals surface area contributed by atoms with Crippen molar-refractivity contribution in [2.24, 2.45) is 0 Å². The van der Waals surface area contributed by atoms with E-state index in [0.29, 0.717) is 45.0 Å². The molecule has 3 N–H and O–H groups in total. The zero-order chi connectivity index (χ0) is 22.1. The van der Waals surface area contributed by atoms with E-state index < -0.39 is 6.04 Å². The molecule has 2 heterocycles. The number of phenolic OH excluding ortho intramolecular Hbond substituents is 1. The molecule has 0 unspecified atom stereocenters. The fourth-order valence-electron chi connectivity index (χ4n) is 3.54. The molecule has 1 atom stereocenters. The van der Waals surface area contributed by atoms with Gasteiger partial charge < -0.3 is 25.2 Å². The zero-order valence-corrected chi connectivity index (χ0v) is 17.8. The zero-order valence-electron chi connectivity index (χ0n) is 17.0. The molecular formula is C21H20ClN5O4. The molecule has 2 aromatic carbocycles. The van der Waals surface area contributed by atoms with Gasteiger partial charge in [0.15, 0.2) is 0 Å². The third-order valence-corrected chi connectivity index (χ3v) is 5.24. The van der Waals surface area contributed by atoms with Crippen molar-refractivity contribution in [3.8, 4) is 17.2 Å². The topological polar surface area (TPSA) is 111 Å². The molecule has 0 fully saturated rings. The largest absolute Gasteiger partial charge is 0.508 e. The number of aromatic hydroxyl groups is 1. The number of nitrogens with one attached hydrogen (secondary N) is 2. The molecule has 10 heteroatoms. The number of carbonyl (C=O) groups excluding carboxylic acids is 1. The Morgan fingerprint density at radius 3 is 2.71 bits per heavy atom. The molecule has 0 radical (unpaired) electrons. The van der Waals surface area contributed by atoms with Gasteiger partial charge in [-0.25, -0.2) is 4.68 Å². The predicted octanol–water partition coefficient (Wildman–Crippen LogP) is 3.58. The summed E-state index contributed by atoms with van der Waals surface area (Å²) < 4.78 is 12.2. The number of fused-ring (bicyclic) bond motifs is 1. The summed E-state index contributed by atoms with van der Waals surface area (Å²) in [5.74, 6) is 0.972. The highest BCUT2D eigenvalue weighted by atomic mass is 35.5. The number of ether oxygens (including phenoxy) is 2. The van der Waals surface area contributed by atoms with Gasteiger partial charge in [0.25, 0.3) is 5.91 Å². The Bertz CT molecular complexity index is 1190. The van der Waals surface area contributed by atoms with Crippen molar-refractivity contribution >= 4 is 29.1 Å². The first kappa shape index (κ1) is 20.5. The van der Waals surface area contributed by atoms with Gasteiger partial charge in [0.2, 0.25) is 5.95 Å². The van der Waals surface area contributed by atoms with Crippen LogP contribution in [0.5, 0.6) is 17.2 Å². The predicted molar refractivity (Wildman–Crippen MR) is 116 cm³/mol. The number of hydrogen-bond acceptors (Lipinski definition) is 7. The van der Waals surface area contributed by atoms with Crippen LogP contribution in [0.3, 0.4) is 0 Å². The van der Waals surface area contributed by atoms with Gasteiger partial charge in [-0.2, -0.15) is 10.1 Å². The highest BCUT2D eigenvalue weighted by molar-refractivity contribution is 6.32. The first-order valence-corrected chi connectivity index (χ1v) is 9.69. The van der Waals surface area contributed by atoms with E-state index in [-0.39, 0.29) is 11.7 Å². The van der Waals surface area contributed by atoms with Crippen LogP contribution in [0.1, 0.15) is 18.5 Å². The maximum absolute atomic E-state index is 13.5. The van der Waals surface area contributed by atoms with Crippen LogP contribution in [0, 0.1) is 0 Å². The minimum atomic E-state index is -0.606. The fraction of sp³-hybridized carbons (Fsp3) is 0.190. The lowest BCUT2D eigenvalue weighted by Gasteiger charge is -2.29. The van der Waals surface area contributed by atoms with Gasteiger partial charge >= 0.3 is 0 Å². The molecule has 0 aliphatic carbocycles. The quantitative estimate of drug-likeness (QED) is 0.555. The van der Waals surface area contributed by atoms with Crippen LogP contribution in [0.2, 0.25) is 5.02 Å². The fourth-order valence-corrected chi connectivity index (χ4v) is 3.77. The maximum Gasteiger partial charge on any atom is 0.255 e. The number of carbonyl (C=O) groups is 1. The van der Waals surface area contributed by atoms with Gasteiger partial charge in [0.1, 0.15) is 29.6 Å². The summed E-state index contributed by atoms with van der Waals surface area (Å²) in [6.07, 6.45) is 1.40. The average molecular weight is 442 g/mol. The number of rotatable bonds is 5. The summed E-state index contributed by atoms with van der Waals surface area (Å²) in [5.41, 5.74) is 2.08. The number of benzene rings is 2. The summed E-state index contributed by atoms with van der Waals surface area (Å²) >= 11 is 6.17. The highest BCUT2D eigenvalue weighted by Crippen LogP contribution is 2.39. The Hall–Kier alpha value is -3.72. The summed E-state index contributed by atoms with van der Waals surface area (Å²) in [4.78, 5) is 17.7. The molecule has 9 nitrogen and oxygen atoms in total. The first-order valence-electron chi connectivity index (χ1n) is 9.32. The van der Waals surface area contributed by atoms with E-state index in [1.54, 1.807) is 41.9 Å². The molecule has 1 aliphatic heterocycles. The molecule has 1 aromatic heterocycles. The van der Waals surface area contributed by atoms with Crippen LogP contribution < -0.4 is 20.1 Å². The molecule has 0 saturated carbocycles. The minimum absolute atomic E-state index is 0.0826. The van der Waals surface area contributed by atoms with Crippen LogP contribution in [0.4, 0.5) is 11.6 Å². The van der Waals surface area contributed by atoms with Crippen LogP contribution in [-0.2, 0) is 4.79 Å². The van der Waals surface area contributed by atoms with Crippen molar-refractivity contribution in [1.82, 2.24) is 14.8 Å². The van der Waals surface area contributed by atoms with Gasteiger partial charge in [0.05, 0.1) is 30.5 Å². The highest BCUT2D eigenvalue weighted by Gasteiger charge is 2.34. The summed E-state index contributed by atoms with van der Waals surface area (Å²) in [6.45, 7) is 1.78. The van der Waals surface area contributed by atoms with Crippen LogP contribution in [0.15, 0.2) is 54.0 Å². The second-order valence-electron chi connectivity index (χ2n) is 6.83. The monoisotopic (exact) mass is 441 g/mol. The van der Waals surface area contributed by atoms with Crippen LogP contribution in [-0.4, -0.2) is 40.0 Å². The molecule has 0 bridgehead atoms. The van der Waals surface area contributed by atoms with Gasteiger partial charge in [-0.3, -0.25) is 4.79 Å². The summed E-state index contributed by atoms with van der Waals surface area (Å²) in [5, 5.41) is 20.6. The number of hydrogen-bond donors (Lipinski definition) is 3. The Kier molecular flexibility index (Phi) is 5.43. The molecule has 160 valence electrons. The lowest BCUT2D eigenvalue weighted by Crippen LogP contribution is -2.31. The number of methoxy groups -OCH3 is 2. The molecular weight excluding hydrogens is 422 g/mol. The molecule has 3 aromatic rings.